The van der Waals surface area contributed by atoms with Gasteiger partial charge in [0, 0.05) is 10.0 Å². The highest BCUT2D eigenvalue weighted by Crippen LogP contribution is 2.30. The van der Waals surface area contributed by atoms with Crippen LogP contribution in [0.25, 0.3) is 0 Å². The molecule has 0 atom stereocenters. The molecule has 0 aliphatic rings. The van der Waals surface area contributed by atoms with Gasteiger partial charge in [-0.15, -0.1) is 0 Å². The van der Waals surface area contributed by atoms with Crippen LogP contribution in [0, 0.1) is 0 Å². The number of aromatic hydroxyl groups is 1. The molecule has 3 rings (SSSR count). The average molecular weight is 504 g/mol. The zero-order valence-corrected chi connectivity index (χ0v) is 17.8. The van der Waals surface area contributed by atoms with Crippen molar-refractivity contribution in [3.63, 3.8) is 0 Å². The Bertz CT molecular complexity index is 1010. The summed E-state index contributed by atoms with van der Waals surface area (Å²) in [7, 11) is 0. The number of phenols is 1. The molecule has 142 valence electrons. The van der Waals surface area contributed by atoms with Gasteiger partial charge in [-0.2, -0.15) is 5.10 Å². The molecule has 0 aliphatic heterocycles. The summed E-state index contributed by atoms with van der Waals surface area (Å²) in [5, 5.41) is 14.0. The largest absolute Gasteiger partial charge is 0.506 e. The second-order valence-electron chi connectivity index (χ2n) is 5.80. The van der Waals surface area contributed by atoms with Crippen LogP contribution in [0.15, 0.2) is 80.8 Å². The first-order valence-corrected chi connectivity index (χ1v) is 9.90. The molecule has 1 amide bonds. The predicted octanol–water partition coefficient (Wildman–Crippen LogP) is 5.26. The van der Waals surface area contributed by atoms with Crippen LogP contribution in [0.5, 0.6) is 11.5 Å². The molecule has 0 fully saturated rings. The van der Waals surface area contributed by atoms with Gasteiger partial charge < -0.3 is 9.84 Å². The Morgan fingerprint density at radius 3 is 2.57 bits per heavy atom. The normalized spacial score (nSPS) is 10.8. The Morgan fingerprint density at radius 2 is 1.79 bits per heavy atom. The summed E-state index contributed by atoms with van der Waals surface area (Å²) in [6.45, 7) is 0.355. The van der Waals surface area contributed by atoms with Crippen molar-refractivity contribution < 1.29 is 14.6 Å². The molecular formula is C21H16Br2N2O3. The summed E-state index contributed by atoms with van der Waals surface area (Å²) >= 11 is 6.60. The Balaban J connectivity index is 1.69. The number of halogens is 2. The fourth-order valence-electron chi connectivity index (χ4n) is 2.42. The highest BCUT2D eigenvalue weighted by atomic mass is 79.9. The summed E-state index contributed by atoms with van der Waals surface area (Å²) in [6, 6.07) is 20.1. The maximum atomic E-state index is 12.5. The predicted molar refractivity (Wildman–Crippen MR) is 116 cm³/mol. The SMILES string of the molecule is O=C(N/N=C/c1cc(Br)cc(Br)c1O)c1ccccc1OCc1ccccc1. The lowest BCUT2D eigenvalue weighted by atomic mass is 10.2. The van der Waals surface area contributed by atoms with E-state index in [1.54, 1.807) is 36.4 Å². The molecule has 0 saturated carbocycles. The van der Waals surface area contributed by atoms with Crippen molar-refractivity contribution in [2.45, 2.75) is 6.61 Å². The van der Waals surface area contributed by atoms with E-state index >= 15 is 0 Å². The molecule has 0 spiro atoms. The number of hydrazone groups is 1. The third kappa shape index (κ3) is 5.21. The lowest BCUT2D eigenvalue weighted by Crippen LogP contribution is -2.18. The minimum absolute atomic E-state index is 0.0350. The summed E-state index contributed by atoms with van der Waals surface area (Å²) in [5.41, 5.74) is 4.29. The molecule has 0 saturated heterocycles. The second-order valence-corrected chi connectivity index (χ2v) is 7.57. The van der Waals surface area contributed by atoms with Crippen molar-refractivity contribution in [2.24, 2.45) is 5.10 Å². The van der Waals surface area contributed by atoms with Gasteiger partial charge in [0.1, 0.15) is 18.1 Å². The first-order chi connectivity index (χ1) is 13.5. The number of amides is 1. The Kier molecular flexibility index (Phi) is 6.84. The fraction of sp³-hybridized carbons (Fsp3) is 0.0476. The summed E-state index contributed by atoms with van der Waals surface area (Å²) in [5.74, 6) is 0.0911. The van der Waals surface area contributed by atoms with Crippen molar-refractivity contribution in [1.29, 1.82) is 0 Å². The molecular weight excluding hydrogens is 488 g/mol. The van der Waals surface area contributed by atoms with Gasteiger partial charge in [0.25, 0.3) is 5.91 Å². The van der Waals surface area contributed by atoms with Crippen LogP contribution in [0.4, 0.5) is 0 Å². The number of carbonyl (C=O) groups excluding carboxylic acids is 1. The number of benzene rings is 3. The summed E-state index contributed by atoms with van der Waals surface area (Å²) in [6.07, 6.45) is 1.37. The van der Waals surface area contributed by atoms with E-state index in [-0.39, 0.29) is 5.75 Å². The number of rotatable bonds is 6. The smallest absolute Gasteiger partial charge is 0.275 e. The van der Waals surface area contributed by atoms with Gasteiger partial charge in [0.05, 0.1) is 16.3 Å². The minimum atomic E-state index is -0.409. The second kappa shape index (κ2) is 9.52. The maximum absolute atomic E-state index is 12.5. The van der Waals surface area contributed by atoms with Crippen molar-refractivity contribution in [2.75, 3.05) is 0 Å². The topological polar surface area (TPSA) is 70.9 Å². The Hall–Kier alpha value is -2.64. The van der Waals surface area contributed by atoms with E-state index in [9.17, 15) is 9.90 Å². The quantitative estimate of drug-likeness (QED) is 0.356. The van der Waals surface area contributed by atoms with E-state index in [2.05, 4.69) is 42.4 Å². The molecule has 0 aromatic heterocycles. The van der Waals surface area contributed by atoms with Crippen LogP contribution >= 0.6 is 31.9 Å². The average Bonchev–Trinajstić information content (AvgIpc) is 2.71. The highest BCUT2D eigenvalue weighted by molar-refractivity contribution is 9.11. The van der Waals surface area contributed by atoms with Gasteiger partial charge in [0.15, 0.2) is 0 Å². The monoisotopic (exact) mass is 502 g/mol. The maximum Gasteiger partial charge on any atom is 0.275 e. The first kappa shape index (κ1) is 20.1. The van der Waals surface area contributed by atoms with Gasteiger partial charge in [-0.05, 0) is 45.8 Å². The van der Waals surface area contributed by atoms with Crippen molar-refractivity contribution in [3.8, 4) is 11.5 Å². The molecule has 0 bridgehead atoms. The van der Waals surface area contributed by atoms with E-state index in [0.717, 1.165) is 10.0 Å². The van der Waals surface area contributed by atoms with E-state index in [0.29, 0.717) is 28.0 Å². The van der Waals surface area contributed by atoms with E-state index in [1.165, 1.54) is 6.21 Å². The Labute approximate surface area is 179 Å². The fourth-order valence-corrected chi connectivity index (χ4v) is 3.68. The minimum Gasteiger partial charge on any atom is -0.506 e. The number of para-hydroxylation sites is 1. The first-order valence-electron chi connectivity index (χ1n) is 8.32. The number of hydrogen-bond acceptors (Lipinski definition) is 4. The molecule has 5 nitrogen and oxygen atoms in total. The summed E-state index contributed by atoms with van der Waals surface area (Å²) in [4.78, 5) is 12.5. The van der Waals surface area contributed by atoms with Crippen LogP contribution in [0.2, 0.25) is 0 Å². The van der Waals surface area contributed by atoms with Gasteiger partial charge in [-0.25, -0.2) is 5.43 Å². The van der Waals surface area contributed by atoms with Gasteiger partial charge in [-0.3, -0.25) is 4.79 Å². The van der Waals surface area contributed by atoms with Crippen molar-refractivity contribution in [1.82, 2.24) is 5.43 Å². The molecule has 3 aromatic rings. The van der Waals surface area contributed by atoms with Crippen LogP contribution < -0.4 is 10.2 Å². The zero-order chi connectivity index (χ0) is 19.9. The lowest BCUT2D eigenvalue weighted by molar-refractivity contribution is 0.0950. The van der Waals surface area contributed by atoms with Gasteiger partial charge in [-0.1, -0.05) is 58.4 Å². The molecule has 28 heavy (non-hydrogen) atoms. The number of phenolic OH excluding ortho intramolecular Hbond substituents is 1. The third-order valence-electron chi connectivity index (χ3n) is 3.80. The zero-order valence-electron chi connectivity index (χ0n) is 14.6. The van der Waals surface area contributed by atoms with Crippen LogP contribution in [0.1, 0.15) is 21.5 Å². The molecule has 2 N–H and O–H groups in total. The number of nitrogens with zero attached hydrogens (tertiary/aromatic N) is 1. The van der Waals surface area contributed by atoms with E-state index in [4.69, 9.17) is 4.74 Å². The van der Waals surface area contributed by atoms with Crippen LogP contribution in [-0.2, 0) is 6.61 Å². The molecule has 0 aliphatic carbocycles. The lowest BCUT2D eigenvalue weighted by Gasteiger charge is -2.10. The molecule has 0 heterocycles. The number of carbonyl (C=O) groups is 1. The van der Waals surface area contributed by atoms with Gasteiger partial charge in [0.2, 0.25) is 0 Å². The number of hydrogen-bond donors (Lipinski definition) is 2. The molecule has 3 aromatic carbocycles. The van der Waals surface area contributed by atoms with Crippen molar-refractivity contribution in [3.05, 3.63) is 92.4 Å². The molecule has 7 heteroatoms. The highest BCUT2D eigenvalue weighted by Gasteiger charge is 2.12. The van der Waals surface area contributed by atoms with E-state index < -0.39 is 5.91 Å². The number of nitrogens with one attached hydrogen (secondary N) is 1. The Morgan fingerprint density at radius 1 is 1.07 bits per heavy atom. The van der Waals surface area contributed by atoms with Crippen LogP contribution in [-0.4, -0.2) is 17.2 Å². The molecule has 0 unspecified atom stereocenters. The standard InChI is InChI=1S/C21H16Br2N2O3/c22-16-10-15(20(26)18(23)11-16)12-24-25-21(27)17-8-4-5-9-19(17)28-13-14-6-2-1-3-7-14/h1-12,26H,13H2,(H,25,27)/b24-12+. The third-order valence-corrected chi connectivity index (χ3v) is 4.86. The van der Waals surface area contributed by atoms with Crippen LogP contribution in [0.3, 0.4) is 0 Å². The van der Waals surface area contributed by atoms with E-state index in [1.807, 2.05) is 30.3 Å². The van der Waals surface area contributed by atoms with Gasteiger partial charge >= 0.3 is 0 Å². The van der Waals surface area contributed by atoms with Crippen molar-refractivity contribution >= 4 is 44.0 Å². The molecule has 0 radical (unpaired) electrons. The summed E-state index contributed by atoms with van der Waals surface area (Å²) < 4.78 is 7.09. The number of ether oxygens (including phenoxy) is 1.